The number of hydrogen-bond acceptors (Lipinski definition) is 5. The summed E-state index contributed by atoms with van der Waals surface area (Å²) in [6, 6.07) is 19.1. The number of sulfonamides is 1. The van der Waals surface area contributed by atoms with Crippen LogP contribution in [-0.4, -0.2) is 43.8 Å². The highest BCUT2D eigenvalue weighted by molar-refractivity contribution is 7.89. The number of ether oxygens (including phenoxy) is 1. The number of benzene rings is 3. The van der Waals surface area contributed by atoms with Crippen LogP contribution in [0.1, 0.15) is 36.5 Å². The Hall–Kier alpha value is -3.23. The lowest BCUT2D eigenvalue weighted by molar-refractivity contribution is -0.123. The fourth-order valence-electron chi connectivity index (χ4n) is 3.83. The van der Waals surface area contributed by atoms with Crippen LogP contribution in [-0.2, 0) is 19.6 Å². The Morgan fingerprint density at radius 3 is 2.39 bits per heavy atom. The van der Waals surface area contributed by atoms with Gasteiger partial charge in [-0.15, -0.1) is 0 Å². The first-order chi connectivity index (χ1) is 15.8. The van der Waals surface area contributed by atoms with Crippen LogP contribution in [0.3, 0.4) is 0 Å². The summed E-state index contributed by atoms with van der Waals surface area (Å²) in [5.74, 6) is -1.23. The number of amides is 1. The Morgan fingerprint density at radius 1 is 0.909 bits per heavy atom. The quantitative estimate of drug-likeness (QED) is 0.550. The van der Waals surface area contributed by atoms with Gasteiger partial charge in [-0.25, -0.2) is 13.2 Å². The molecule has 0 saturated carbocycles. The van der Waals surface area contributed by atoms with E-state index < -0.39 is 28.0 Å². The molecule has 0 aromatic heterocycles. The van der Waals surface area contributed by atoms with Crippen molar-refractivity contribution in [1.29, 1.82) is 0 Å². The summed E-state index contributed by atoms with van der Waals surface area (Å²) in [5.41, 5.74) is 0.676. The van der Waals surface area contributed by atoms with Gasteiger partial charge >= 0.3 is 5.97 Å². The average molecular weight is 467 g/mol. The maximum Gasteiger partial charge on any atom is 0.338 e. The zero-order valence-corrected chi connectivity index (χ0v) is 19.2. The topological polar surface area (TPSA) is 92.8 Å². The first-order valence-corrected chi connectivity index (χ1v) is 12.4. The van der Waals surface area contributed by atoms with Gasteiger partial charge in [0, 0.05) is 18.8 Å². The summed E-state index contributed by atoms with van der Waals surface area (Å²) in [6.45, 7) is 2.43. The number of nitrogens with zero attached hydrogens (tertiary/aromatic N) is 1. The maximum absolute atomic E-state index is 12.9. The number of rotatable bonds is 6. The normalized spacial score (nSPS) is 15.7. The summed E-state index contributed by atoms with van der Waals surface area (Å²) >= 11 is 0. The van der Waals surface area contributed by atoms with Crippen LogP contribution in [0.5, 0.6) is 0 Å². The van der Waals surface area contributed by atoms with E-state index in [1.165, 1.54) is 35.5 Å². The summed E-state index contributed by atoms with van der Waals surface area (Å²) < 4.78 is 32.6. The number of piperidine rings is 1. The van der Waals surface area contributed by atoms with Gasteiger partial charge in [0.25, 0.3) is 5.91 Å². The van der Waals surface area contributed by atoms with E-state index >= 15 is 0 Å². The molecule has 7 nitrogen and oxygen atoms in total. The van der Waals surface area contributed by atoms with E-state index in [-0.39, 0.29) is 10.5 Å². The van der Waals surface area contributed by atoms with Crippen molar-refractivity contribution in [1.82, 2.24) is 4.31 Å². The third-order valence-corrected chi connectivity index (χ3v) is 7.59. The van der Waals surface area contributed by atoms with Gasteiger partial charge in [0.2, 0.25) is 10.0 Å². The molecule has 1 atom stereocenters. The van der Waals surface area contributed by atoms with E-state index in [0.29, 0.717) is 18.8 Å². The Balaban J connectivity index is 1.42. The number of anilines is 1. The summed E-state index contributed by atoms with van der Waals surface area (Å²) in [4.78, 5) is 25.2. The summed E-state index contributed by atoms with van der Waals surface area (Å²) in [5, 5.41) is 4.78. The molecule has 0 aliphatic carbocycles. The fraction of sp³-hybridized carbons (Fsp3) is 0.280. The number of hydrogen-bond donors (Lipinski definition) is 1. The highest BCUT2D eigenvalue weighted by Crippen LogP contribution is 2.22. The van der Waals surface area contributed by atoms with Gasteiger partial charge in [-0.3, -0.25) is 4.79 Å². The molecule has 0 radical (unpaired) electrons. The van der Waals surface area contributed by atoms with E-state index in [1.807, 2.05) is 36.4 Å². The number of esters is 1. The minimum atomic E-state index is -3.68. The molecule has 33 heavy (non-hydrogen) atoms. The van der Waals surface area contributed by atoms with Gasteiger partial charge in [0.15, 0.2) is 6.10 Å². The van der Waals surface area contributed by atoms with Crippen molar-refractivity contribution in [2.45, 2.75) is 37.2 Å². The van der Waals surface area contributed by atoms with Crippen molar-refractivity contribution >= 4 is 38.4 Å². The van der Waals surface area contributed by atoms with Crippen LogP contribution >= 0.6 is 0 Å². The number of nitrogens with one attached hydrogen (secondary N) is 1. The molecule has 4 rings (SSSR count). The van der Waals surface area contributed by atoms with E-state index in [0.717, 1.165) is 30.0 Å². The SMILES string of the molecule is CC(OC(=O)c1cccc(S(=O)(=O)N2CCCCC2)c1)C(=O)Nc1ccc2ccccc2c1. The first-order valence-electron chi connectivity index (χ1n) is 11.0. The Labute approximate surface area is 193 Å². The van der Waals surface area contributed by atoms with Crippen molar-refractivity contribution < 1.29 is 22.7 Å². The molecule has 1 N–H and O–H groups in total. The van der Waals surface area contributed by atoms with Gasteiger partial charge in [-0.2, -0.15) is 4.31 Å². The predicted octanol–water partition coefficient (Wildman–Crippen LogP) is 4.20. The van der Waals surface area contributed by atoms with Gasteiger partial charge in [0.1, 0.15) is 0 Å². The van der Waals surface area contributed by atoms with Crippen LogP contribution in [0.2, 0.25) is 0 Å². The van der Waals surface area contributed by atoms with Gasteiger partial charge in [-0.1, -0.05) is 42.8 Å². The third-order valence-electron chi connectivity index (χ3n) is 5.69. The largest absolute Gasteiger partial charge is 0.449 e. The molecule has 8 heteroatoms. The molecule has 1 fully saturated rings. The molecular weight excluding hydrogens is 440 g/mol. The molecule has 0 bridgehead atoms. The summed E-state index contributed by atoms with van der Waals surface area (Å²) in [6.07, 6.45) is 1.60. The predicted molar refractivity (Wildman–Crippen MR) is 127 cm³/mol. The van der Waals surface area contributed by atoms with E-state index in [1.54, 1.807) is 6.07 Å². The second kappa shape index (κ2) is 9.72. The fourth-order valence-corrected chi connectivity index (χ4v) is 5.39. The van der Waals surface area contributed by atoms with Crippen molar-refractivity contribution in [2.75, 3.05) is 18.4 Å². The van der Waals surface area contributed by atoms with E-state index in [4.69, 9.17) is 4.74 Å². The molecule has 3 aromatic carbocycles. The standard InChI is InChI=1S/C25H26N2O5S/c1-18(24(28)26-22-13-12-19-8-3-4-9-20(19)16-22)32-25(29)21-10-7-11-23(17-21)33(30,31)27-14-5-2-6-15-27/h3-4,7-13,16-18H,2,5-6,14-15H2,1H3,(H,26,28). The van der Waals surface area contributed by atoms with Crippen molar-refractivity contribution in [3.63, 3.8) is 0 Å². The molecule has 0 spiro atoms. The molecule has 1 aliphatic rings. The van der Waals surface area contributed by atoms with Crippen molar-refractivity contribution in [3.05, 3.63) is 72.3 Å². The van der Waals surface area contributed by atoms with E-state index in [9.17, 15) is 18.0 Å². The second-order valence-electron chi connectivity index (χ2n) is 8.09. The molecule has 1 saturated heterocycles. The lowest BCUT2D eigenvalue weighted by atomic mass is 10.1. The van der Waals surface area contributed by atoms with Gasteiger partial charge in [-0.05, 0) is 60.9 Å². The molecule has 1 heterocycles. The van der Waals surface area contributed by atoms with Crippen LogP contribution < -0.4 is 5.32 Å². The number of carbonyl (C=O) groups is 2. The Bertz CT molecular complexity index is 1280. The zero-order valence-electron chi connectivity index (χ0n) is 18.4. The van der Waals surface area contributed by atoms with Crippen LogP contribution in [0.25, 0.3) is 10.8 Å². The minimum absolute atomic E-state index is 0.0483. The molecule has 1 amide bonds. The molecule has 1 unspecified atom stereocenters. The molecule has 1 aliphatic heterocycles. The second-order valence-corrected chi connectivity index (χ2v) is 10.0. The highest BCUT2D eigenvalue weighted by Gasteiger charge is 2.27. The Kier molecular flexibility index (Phi) is 6.76. The number of fused-ring (bicyclic) bond motifs is 1. The lowest BCUT2D eigenvalue weighted by Crippen LogP contribution is -2.35. The van der Waals surface area contributed by atoms with Crippen LogP contribution in [0.15, 0.2) is 71.6 Å². The smallest absolute Gasteiger partial charge is 0.338 e. The maximum atomic E-state index is 12.9. The van der Waals surface area contributed by atoms with Crippen LogP contribution in [0.4, 0.5) is 5.69 Å². The monoisotopic (exact) mass is 466 g/mol. The van der Waals surface area contributed by atoms with Crippen molar-refractivity contribution in [2.24, 2.45) is 0 Å². The summed E-state index contributed by atoms with van der Waals surface area (Å²) in [7, 11) is -3.68. The lowest BCUT2D eigenvalue weighted by Gasteiger charge is -2.26. The zero-order chi connectivity index (χ0) is 23.4. The highest BCUT2D eigenvalue weighted by atomic mass is 32.2. The van der Waals surface area contributed by atoms with E-state index in [2.05, 4.69) is 5.32 Å². The van der Waals surface area contributed by atoms with Gasteiger partial charge in [0.05, 0.1) is 10.5 Å². The van der Waals surface area contributed by atoms with Gasteiger partial charge < -0.3 is 10.1 Å². The molecular formula is C25H26N2O5S. The molecule has 172 valence electrons. The molecule has 3 aromatic rings. The minimum Gasteiger partial charge on any atom is -0.449 e. The van der Waals surface area contributed by atoms with Crippen LogP contribution in [0, 0.1) is 0 Å². The third kappa shape index (κ3) is 5.23. The first kappa shape index (κ1) is 22.9. The Morgan fingerprint density at radius 2 is 1.64 bits per heavy atom. The van der Waals surface area contributed by atoms with Crippen molar-refractivity contribution in [3.8, 4) is 0 Å². The number of carbonyl (C=O) groups excluding carboxylic acids is 2. The average Bonchev–Trinajstić information content (AvgIpc) is 2.84.